The van der Waals surface area contributed by atoms with E-state index in [2.05, 4.69) is 432 Å². The second kappa shape index (κ2) is 30.4. The summed E-state index contributed by atoms with van der Waals surface area (Å²) in [6.45, 7) is 4.73. The van der Waals surface area contributed by atoms with Crippen molar-refractivity contribution in [2.75, 3.05) is 0 Å². The lowest BCUT2D eigenvalue weighted by atomic mass is 9.81. The van der Waals surface area contributed by atoms with Crippen molar-refractivity contribution in [2.45, 2.75) is 19.3 Å². The van der Waals surface area contributed by atoms with E-state index < -0.39 is 0 Å². The Bertz CT molecular complexity index is 8360. The molecular formula is C119H80N8. The van der Waals surface area contributed by atoms with Crippen LogP contribution in [0.3, 0.4) is 0 Å². The van der Waals surface area contributed by atoms with Crippen molar-refractivity contribution in [1.82, 2.24) is 38.2 Å². The van der Waals surface area contributed by atoms with Gasteiger partial charge in [0.2, 0.25) is 0 Å². The monoisotopic (exact) mass is 1620 g/mol. The van der Waals surface area contributed by atoms with E-state index in [9.17, 15) is 0 Å². The maximum absolute atomic E-state index is 5.18. The number of nitrogens with zero attached hydrogens (tertiary/aromatic N) is 8. The van der Waals surface area contributed by atoms with Crippen LogP contribution >= 0.6 is 0 Å². The van der Waals surface area contributed by atoms with Gasteiger partial charge in [-0.3, -0.25) is 0 Å². The average molecular weight is 1620 g/mol. The van der Waals surface area contributed by atoms with Crippen LogP contribution in [0.25, 0.3) is 222 Å². The van der Waals surface area contributed by atoms with Gasteiger partial charge in [-0.2, -0.15) is 0 Å². The molecule has 0 unspecified atom stereocenters. The Labute approximate surface area is 734 Å². The molecule has 18 aromatic carbocycles. The van der Waals surface area contributed by atoms with E-state index in [1.165, 1.54) is 143 Å². The fourth-order valence-corrected chi connectivity index (χ4v) is 19.7. The highest BCUT2D eigenvalue weighted by molar-refractivity contribution is 6.15. The fraction of sp³-hybridized carbons (Fsp3) is 0.0252. The zero-order chi connectivity index (χ0) is 84.2. The van der Waals surface area contributed by atoms with Gasteiger partial charge in [-0.1, -0.05) is 329 Å². The van der Waals surface area contributed by atoms with Crippen molar-refractivity contribution in [3.8, 4) is 135 Å². The molecule has 0 saturated carbocycles. The van der Waals surface area contributed by atoms with Gasteiger partial charge in [-0.25, -0.2) is 19.9 Å². The van der Waals surface area contributed by atoms with Crippen molar-refractivity contribution >= 4 is 87.2 Å². The predicted octanol–water partition coefficient (Wildman–Crippen LogP) is 30.7. The molecule has 0 fully saturated rings. The molecule has 6 aromatic heterocycles. The first kappa shape index (κ1) is 74.2. The molecule has 6 heterocycles. The van der Waals surface area contributed by atoms with E-state index in [1.807, 2.05) is 48.5 Å². The molecule has 0 radical (unpaired) electrons. The van der Waals surface area contributed by atoms with E-state index >= 15 is 0 Å². The van der Waals surface area contributed by atoms with Crippen molar-refractivity contribution in [3.05, 3.63) is 460 Å². The van der Waals surface area contributed by atoms with Gasteiger partial charge in [-0.15, -0.1) is 0 Å². The quantitative estimate of drug-likeness (QED) is 0.115. The molecule has 0 bridgehead atoms. The number of hydrogen-bond donors (Lipinski definition) is 0. The fourth-order valence-electron chi connectivity index (χ4n) is 19.7. The number of fused-ring (bicyclic) bond motifs is 15. The second-order valence-electron chi connectivity index (χ2n) is 33.6. The molecule has 8 heteroatoms. The number of rotatable bonds is 13. The number of aromatic nitrogens is 8. The van der Waals surface area contributed by atoms with Crippen LogP contribution in [0, 0.1) is 0 Å². The van der Waals surface area contributed by atoms with Crippen LogP contribution in [0.2, 0.25) is 0 Å². The van der Waals surface area contributed by atoms with E-state index in [4.69, 9.17) is 19.9 Å². The van der Waals surface area contributed by atoms with Gasteiger partial charge in [-0.05, 0) is 189 Å². The third-order valence-corrected chi connectivity index (χ3v) is 25.9. The molecular weight excluding hydrogens is 1540 g/mol. The summed E-state index contributed by atoms with van der Waals surface area (Å²) in [5.74, 6) is 1.42. The summed E-state index contributed by atoms with van der Waals surface area (Å²) in [6.07, 6.45) is 0. The van der Waals surface area contributed by atoms with Gasteiger partial charge in [0, 0.05) is 105 Å². The lowest BCUT2D eigenvalue weighted by Crippen LogP contribution is -2.15. The standard InChI is InChI=1S/C61H42N4.C58H38N4/c1-61(2)52-36-43(55-38-54(39-16-6-3-7-17-39)62-60(63-55)40-18-8-4-9-19-40)26-30-46(52)47-31-29-45(37-53(47)61)65-57-25-15-13-23-49(57)51-35-42(28-33-59(51)65)41-27-32-58-50(34-41)48-22-12-14-24-56(48)64(58)44-20-10-5-11-21-44;1-4-14-39(15-5-1)40-24-26-41(27-25-40)52-38-53(60-58(59-52)43-16-6-2-7-17-43)42-28-32-47(33-29-42)62-54-22-12-10-20-48(54)50-34-30-45(37-57(50)62)44-31-35-56-51(36-44)49-21-11-13-23-55(49)61(56)46-18-8-3-9-19-46/h3-38H,1-2H3;1-38H. The van der Waals surface area contributed by atoms with Gasteiger partial charge in [0.25, 0.3) is 0 Å². The van der Waals surface area contributed by atoms with Gasteiger partial charge in [0.15, 0.2) is 11.6 Å². The first-order valence-corrected chi connectivity index (χ1v) is 43.5. The third kappa shape index (κ3) is 12.8. The molecule has 25 rings (SSSR count). The van der Waals surface area contributed by atoms with E-state index in [0.717, 1.165) is 84.6 Å². The normalized spacial score (nSPS) is 12.2. The third-order valence-electron chi connectivity index (χ3n) is 25.9. The van der Waals surface area contributed by atoms with Crippen LogP contribution in [0.1, 0.15) is 25.0 Å². The molecule has 0 saturated heterocycles. The van der Waals surface area contributed by atoms with Gasteiger partial charge >= 0.3 is 0 Å². The highest BCUT2D eigenvalue weighted by Crippen LogP contribution is 2.52. The lowest BCUT2D eigenvalue weighted by Gasteiger charge is -2.23. The van der Waals surface area contributed by atoms with Gasteiger partial charge in [0.05, 0.1) is 66.9 Å². The molecule has 0 atom stereocenters. The zero-order valence-corrected chi connectivity index (χ0v) is 69.8. The summed E-state index contributed by atoms with van der Waals surface area (Å²) in [6, 6.07) is 161. The molecule has 8 nitrogen and oxygen atoms in total. The minimum absolute atomic E-state index is 0.248. The molecule has 1 aliphatic rings. The van der Waals surface area contributed by atoms with Crippen LogP contribution in [-0.4, -0.2) is 38.2 Å². The summed E-state index contributed by atoms with van der Waals surface area (Å²) in [7, 11) is 0. The molecule has 0 N–H and O–H groups in total. The van der Waals surface area contributed by atoms with Crippen LogP contribution < -0.4 is 0 Å². The number of para-hydroxylation sites is 6. The first-order chi connectivity index (χ1) is 62.7. The Hall–Kier alpha value is -16.7. The minimum atomic E-state index is -0.248. The lowest BCUT2D eigenvalue weighted by molar-refractivity contribution is 0.660. The molecule has 0 aliphatic heterocycles. The Morgan fingerprint density at radius 1 is 0.165 bits per heavy atom. The van der Waals surface area contributed by atoms with Gasteiger partial charge in [0.1, 0.15) is 0 Å². The SMILES string of the molecule is CC1(C)c2cc(-c3cc(-c4ccccc4)nc(-c4ccccc4)n3)ccc2-c2ccc(-n3c4ccccc4c4cc(-c5ccc6c(c5)c5ccccc5n6-c5ccccc5)ccc43)cc21.c1ccc(-c2ccc(-c3cc(-c4ccc(-n5c6ccccc6c6ccc(-c7ccc8c(c7)c7ccccc7n8-c7ccccc7)cc65)cc4)nc(-c4ccccc4)n3)cc2)cc1. The molecule has 127 heavy (non-hydrogen) atoms. The largest absolute Gasteiger partial charge is 0.309 e. The predicted molar refractivity (Wildman–Crippen MR) is 528 cm³/mol. The van der Waals surface area contributed by atoms with E-state index in [0.29, 0.717) is 5.82 Å². The summed E-state index contributed by atoms with van der Waals surface area (Å²) in [5.41, 5.74) is 36.0. The minimum Gasteiger partial charge on any atom is -0.309 e. The molecule has 1 aliphatic carbocycles. The summed E-state index contributed by atoms with van der Waals surface area (Å²) >= 11 is 0. The Balaban J connectivity index is 0.000000142. The van der Waals surface area contributed by atoms with Crippen molar-refractivity contribution in [3.63, 3.8) is 0 Å². The average Bonchev–Trinajstić information content (AvgIpc) is 1.56. The topological polar surface area (TPSA) is 71.3 Å². The van der Waals surface area contributed by atoms with Crippen LogP contribution in [-0.2, 0) is 5.41 Å². The Morgan fingerprint density at radius 3 is 0.882 bits per heavy atom. The Kier molecular flexibility index (Phi) is 17.8. The van der Waals surface area contributed by atoms with Crippen LogP contribution in [0.15, 0.2) is 449 Å². The smallest absolute Gasteiger partial charge is 0.160 e. The highest BCUT2D eigenvalue weighted by Gasteiger charge is 2.37. The number of hydrogen-bond acceptors (Lipinski definition) is 4. The van der Waals surface area contributed by atoms with E-state index in [1.54, 1.807) is 0 Å². The van der Waals surface area contributed by atoms with Crippen LogP contribution in [0.5, 0.6) is 0 Å². The summed E-state index contributed by atoms with van der Waals surface area (Å²) in [5, 5.41) is 9.94. The van der Waals surface area contributed by atoms with Crippen molar-refractivity contribution in [2.24, 2.45) is 0 Å². The van der Waals surface area contributed by atoms with E-state index in [-0.39, 0.29) is 5.41 Å². The molecule has 0 spiro atoms. The first-order valence-electron chi connectivity index (χ1n) is 43.5. The van der Waals surface area contributed by atoms with Crippen molar-refractivity contribution < 1.29 is 0 Å². The maximum atomic E-state index is 5.18. The van der Waals surface area contributed by atoms with Crippen molar-refractivity contribution in [1.29, 1.82) is 0 Å². The number of benzene rings is 18. The summed E-state index contributed by atoms with van der Waals surface area (Å²) in [4.78, 5) is 20.5. The van der Waals surface area contributed by atoms with Gasteiger partial charge < -0.3 is 18.3 Å². The second-order valence-corrected chi connectivity index (χ2v) is 33.6. The summed E-state index contributed by atoms with van der Waals surface area (Å²) < 4.78 is 9.59. The zero-order valence-electron chi connectivity index (χ0n) is 69.8. The molecule has 24 aromatic rings. The molecule has 0 amide bonds. The van der Waals surface area contributed by atoms with Crippen LogP contribution in [0.4, 0.5) is 0 Å². The molecule has 596 valence electrons. The maximum Gasteiger partial charge on any atom is 0.160 e. The highest BCUT2D eigenvalue weighted by atomic mass is 15.0. The Morgan fingerprint density at radius 2 is 0.433 bits per heavy atom.